The molecule has 0 heterocycles. The highest BCUT2D eigenvalue weighted by molar-refractivity contribution is 6.34. The van der Waals surface area contributed by atoms with E-state index < -0.39 is 0 Å². The van der Waals surface area contributed by atoms with Crippen LogP contribution in [0.25, 0.3) is 0 Å². The fourth-order valence-corrected chi connectivity index (χ4v) is 3.00. The first-order valence-electron chi connectivity index (χ1n) is 8.10. The van der Waals surface area contributed by atoms with Crippen molar-refractivity contribution in [3.63, 3.8) is 0 Å². The second-order valence-corrected chi connectivity index (χ2v) is 6.64. The summed E-state index contributed by atoms with van der Waals surface area (Å²) in [5.41, 5.74) is 1.70. The maximum atomic E-state index is 12.3. The number of nitrogens with zero attached hydrogens (tertiary/aromatic N) is 1. The van der Waals surface area contributed by atoms with Crippen LogP contribution >= 0.6 is 23.2 Å². The van der Waals surface area contributed by atoms with Gasteiger partial charge in [0, 0.05) is 30.2 Å². The summed E-state index contributed by atoms with van der Waals surface area (Å²) in [6.45, 7) is 0.845. The molecule has 2 aromatic carbocycles. The van der Waals surface area contributed by atoms with Crippen molar-refractivity contribution in [3.8, 4) is 23.8 Å². The van der Waals surface area contributed by atoms with Crippen molar-refractivity contribution in [2.24, 2.45) is 0 Å². The summed E-state index contributed by atoms with van der Waals surface area (Å²) in [5.74, 6) is 3.52. The monoisotopic (exact) mass is 406 g/mol. The lowest BCUT2D eigenvalue weighted by Gasteiger charge is -2.19. The van der Waals surface area contributed by atoms with E-state index in [1.807, 2.05) is 6.07 Å². The number of amides is 2. The number of rotatable bonds is 7. The number of benzene rings is 2. The summed E-state index contributed by atoms with van der Waals surface area (Å²) >= 11 is 12.0. The molecule has 2 aromatic rings. The highest BCUT2D eigenvalue weighted by atomic mass is 35.5. The van der Waals surface area contributed by atoms with Crippen molar-refractivity contribution >= 4 is 29.2 Å². The Morgan fingerprint density at radius 2 is 1.85 bits per heavy atom. The Labute approximate surface area is 169 Å². The lowest BCUT2D eigenvalue weighted by molar-refractivity contribution is 0.206. The second kappa shape index (κ2) is 9.96. The van der Waals surface area contributed by atoms with Crippen LogP contribution in [0.4, 0.5) is 4.79 Å². The molecule has 0 unspecified atom stereocenters. The molecule has 7 heteroatoms. The lowest BCUT2D eigenvalue weighted by atomic mass is 10.2. The van der Waals surface area contributed by atoms with Gasteiger partial charge in [0.05, 0.1) is 7.11 Å². The van der Waals surface area contributed by atoms with E-state index in [0.29, 0.717) is 34.6 Å². The normalized spacial score (nSPS) is 10.0. The molecule has 0 fully saturated rings. The number of ether oxygens (including phenoxy) is 2. The number of urea groups is 1. The van der Waals surface area contributed by atoms with Gasteiger partial charge in [0.1, 0.15) is 6.61 Å². The first-order valence-corrected chi connectivity index (χ1v) is 8.85. The van der Waals surface area contributed by atoms with E-state index in [1.54, 1.807) is 49.4 Å². The second-order valence-electron chi connectivity index (χ2n) is 5.77. The number of halogens is 2. The predicted octanol–water partition coefficient (Wildman–Crippen LogP) is 4.36. The van der Waals surface area contributed by atoms with Gasteiger partial charge in [-0.25, -0.2) is 4.79 Å². The van der Waals surface area contributed by atoms with Crippen molar-refractivity contribution in [3.05, 3.63) is 57.6 Å². The summed E-state index contributed by atoms with van der Waals surface area (Å²) in [4.78, 5) is 13.9. The van der Waals surface area contributed by atoms with E-state index in [9.17, 15) is 4.79 Å². The average Bonchev–Trinajstić information content (AvgIpc) is 2.63. The fraction of sp³-hybridized carbons (Fsp3) is 0.250. The van der Waals surface area contributed by atoms with Crippen LogP contribution in [0.2, 0.25) is 10.0 Å². The Balaban J connectivity index is 1.96. The topological polar surface area (TPSA) is 50.8 Å². The molecule has 0 bridgehead atoms. The summed E-state index contributed by atoms with van der Waals surface area (Å²) in [5, 5.41) is 3.92. The van der Waals surface area contributed by atoms with E-state index in [1.165, 1.54) is 0 Å². The number of terminal acetylenes is 1. The molecule has 2 amide bonds. The smallest absolute Gasteiger partial charge is 0.317 e. The highest BCUT2D eigenvalue weighted by Gasteiger charge is 2.11. The minimum absolute atomic E-state index is 0.136. The number of methoxy groups -OCH3 is 1. The molecule has 0 radical (unpaired) electrons. The molecule has 2 rings (SSSR count). The average molecular weight is 407 g/mol. The van der Waals surface area contributed by atoms with Gasteiger partial charge in [0.15, 0.2) is 11.5 Å². The molecule has 1 N–H and O–H groups in total. The Bertz CT molecular complexity index is 829. The molecule has 27 heavy (non-hydrogen) atoms. The Morgan fingerprint density at radius 3 is 2.48 bits per heavy atom. The van der Waals surface area contributed by atoms with E-state index >= 15 is 0 Å². The van der Waals surface area contributed by atoms with Crippen molar-refractivity contribution in [1.29, 1.82) is 0 Å². The van der Waals surface area contributed by atoms with Gasteiger partial charge >= 0.3 is 6.03 Å². The van der Waals surface area contributed by atoms with E-state index in [0.717, 1.165) is 11.1 Å². The van der Waals surface area contributed by atoms with Gasteiger partial charge in [-0.3, -0.25) is 0 Å². The SMILES string of the molecule is C#CCOc1cc(CNC(=O)N(C)Cc2cc(Cl)cc(Cl)c2)ccc1OC. The number of carbonyl (C=O) groups excluding carboxylic acids is 1. The molecule has 0 atom stereocenters. The van der Waals surface area contributed by atoms with Gasteiger partial charge in [-0.15, -0.1) is 6.42 Å². The van der Waals surface area contributed by atoms with Gasteiger partial charge in [-0.05, 0) is 41.5 Å². The van der Waals surface area contributed by atoms with Gasteiger partial charge in [0.2, 0.25) is 0 Å². The first-order chi connectivity index (χ1) is 12.9. The third-order valence-corrected chi connectivity index (χ3v) is 4.11. The molecule has 0 aliphatic rings. The number of hydrogen-bond acceptors (Lipinski definition) is 3. The fourth-order valence-electron chi connectivity index (χ4n) is 2.42. The molecule has 0 saturated heterocycles. The minimum Gasteiger partial charge on any atom is -0.493 e. The van der Waals surface area contributed by atoms with Crippen LogP contribution in [-0.4, -0.2) is 31.7 Å². The van der Waals surface area contributed by atoms with Crippen LogP contribution in [0.1, 0.15) is 11.1 Å². The zero-order valence-corrected chi connectivity index (χ0v) is 16.6. The Kier molecular flexibility index (Phi) is 7.66. The van der Waals surface area contributed by atoms with Crippen LogP contribution < -0.4 is 14.8 Å². The predicted molar refractivity (Wildman–Crippen MR) is 107 cm³/mol. The quantitative estimate of drug-likeness (QED) is 0.695. The largest absolute Gasteiger partial charge is 0.493 e. The van der Waals surface area contributed by atoms with Gasteiger partial charge in [0.25, 0.3) is 0 Å². The van der Waals surface area contributed by atoms with Crippen molar-refractivity contribution in [2.45, 2.75) is 13.1 Å². The number of nitrogens with one attached hydrogen (secondary N) is 1. The van der Waals surface area contributed by atoms with Crippen molar-refractivity contribution in [1.82, 2.24) is 10.2 Å². The summed E-state index contributed by atoms with van der Waals surface area (Å²) in [7, 11) is 3.25. The maximum absolute atomic E-state index is 12.3. The molecule has 0 aliphatic heterocycles. The van der Waals surface area contributed by atoms with E-state index in [2.05, 4.69) is 11.2 Å². The Morgan fingerprint density at radius 1 is 1.15 bits per heavy atom. The molecular formula is C20H20Cl2N2O3. The van der Waals surface area contributed by atoms with Crippen molar-refractivity contribution < 1.29 is 14.3 Å². The van der Waals surface area contributed by atoms with Crippen LogP contribution in [0.5, 0.6) is 11.5 Å². The van der Waals surface area contributed by atoms with Crippen LogP contribution in [-0.2, 0) is 13.1 Å². The number of hydrogen-bond donors (Lipinski definition) is 1. The first kappa shape index (κ1) is 20.8. The lowest BCUT2D eigenvalue weighted by Crippen LogP contribution is -2.36. The standard InChI is InChI=1S/C20H20Cl2N2O3/c1-4-7-27-19-10-14(5-6-18(19)26-3)12-23-20(25)24(2)13-15-8-16(21)11-17(22)9-15/h1,5-6,8-11H,7,12-13H2,2-3H3,(H,23,25). The van der Waals surface area contributed by atoms with Gasteiger partial charge in [-0.2, -0.15) is 0 Å². The van der Waals surface area contributed by atoms with E-state index in [4.69, 9.17) is 39.1 Å². The Hall–Kier alpha value is -2.55. The zero-order chi connectivity index (χ0) is 19.8. The van der Waals surface area contributed by atoms with Crippen molar-refractivity contribution in [2.75, 3.05) is 20.8 Å². The van der Waals surface area contributed by atoms with Gasteiger partial charge < -0.3 is 19.7 Å². The molecule has 0 aromatic heterocycles. The molecule has 0 spiro atoms. The highest BCUT2D eigenvalue weighted by Crippen LogP contribution is 2.28. The van der Waals surface area contributed by atoms with Crippen LogP contribution in [0.3, 0.4) is 0 Å². The van der Waals surface area contributed by atoms with Crippen LogP contribution in [0.15, 0.2) is 36.4 Å². The molecule has 0 aliphatic carbocycles. The number of carbonyl (C=O) groups is 1. The maximum Gasteiger partial charge on any atom is 0.317 e. The summed E-state index contributed by atoms with van der Waals surface area (Å²) in [6.07, 6.45) is 5.22. The zero-order valence-electron chi connectivity index (χ0n) is 15.1. The molecule has 5 nitrogen and oxygen atoms in total. The molecule has 142 valence electrons. The van der Waals surface area contributed by atoms with Gasteiger partial charge in [-0.1, -0.05) is 35.2 Å². The minimum atomic E-state index is -0.229. The van der Waals surface area contributed by atoms with Crippen LogP contribution in [0, 0.1) is 12.3 Å². The molecular weight excluding hydrogens is 387 g/mol. The third-order valence-electron chi connectivity index (χ3n) is 3.67. The molecule has 0 saturated carbocycles. The third kappa shape index (κ3) is 6.28. The summed E-state index contributed by atoms with van der Waals surface area (Å²) < 4.78 is 10.7. The van der Waals surface area contributed by atoms with E-state index in [-0.39, 0.29) is 12.6 Å². The summed E-state index contributed by atoms with van der Waals surface area (Å²) in [6, 6.07) is 10.4.